The highest BCUT2D eigenvalue weighted by molar-refractivity contribution is 7.16. The molecule has 1 N–H and O–H groups in total. The lowest BCUT2D eigenvalue weighted by molar-refractivity contribution is 0.195. The molecule has 0 unspecified atom stereocenters. The highest BCUT2D eigenvalue weighted by atomic mass is 32.1. The van der Waals surface area contributed by atoms with Gasteiger partial charge in [0.1, 0.15) is 5.01 Å². The minimum absolute atomic E-state index is 0.107. The van der Waals surface area contributed by atoms with E-state index in [4.69, 9.17) is 5.11 Å². The summed E-state index contributed by atoms with van der Waals surface area (Å²) in [6.07, 6.45) is 0.800. The number of aromatic nitrogens is 3. The maximum Gasteiger partial charge on any atom is 0.275 e. The molecule has 0 spiro atoms. The van der Waals surface area contributed by atoms with Gasteiger partial charge in [0.05, 0.1) is 12.3 Å². The summed E-state index contributed by atoms with van der Waals surface area (Å²) in [5.74, 6) is 0. The van der Waals surface area contributed by atoms with Gasteiger partial charge in [-0.1, -0.05) is 25.2 Å². The Kier molecular flexibility index (Phi) is 4.62. The molecule has 0 aromatic carbocycles. The number of aliphatic hydroxyl groups excluding tert-OH is 1. The van der Waals surface area contributed by atoms with Crippen LogP contribution in [0.4, 0.5) is 0 Å². The van der Waals surface area contributed by atoms with Crippen molar-refractivity contribution in [3.8, 4) is 0 Å². The molecule has 0 fully saturated rings. The average molecular weight is 282 g/mol. The predicted molar refractivity (Wildman–Crippen MR) is 74.5 cm³/mol. The third kappa shape index (κ3) is 3.17. The molecule has 2 heterocycles. The van der Waals surface area contributed by atoms with E-state index in [2.05, 4.69) is 10.1 Å². The van der Waals surface area contributed by atoms with E-state index < -0.39 is 0 Å². The molecule has 0 saturated carbocycles. The lowest BCUT2D eigenvalue weighted by atomic mass is 10.3. The van der Waals surface area contributed by atoms with E-state index in [1.807, 2.05) is 18.7 Å². The zero-order chi connectivity index (χ0) is 13.8. The first-order valence-electron chi connectivity index (χ1n) is 6.39. The van der Waals surface area contributed by atoms with E-state index in [1.54, 1.807) is 0 Å². The van der Waals surface area contributed by atoms with Crippen molar-refractivity contribution >= 4 is 16.3 Å². The first-order valence-corrected chi connectivity index (χ1v) is 7.21. The summed E-state index contributed by atoms with van der Waals surface area (Å²) in [7, 11) is 0. The van der Waals surface area contributed by atoms with Gasteiger partial charge < -0.3 is 5.11 Å². The van der Waals surface area contributed by atoms with Crippen molar-refractivity contribution in [2.45, 2.75) is 26.8 Å². The molecule has 104 valence electrons. The van der Waals surface area contributed by atoms with E-state index in [9.17, 15) is 4.79 Å². The number of hydrogen-bond acceptors (Lipinski definition) is 6. The fraction of sp³-hybridized carbons (Fsp3) is 0.583. The summed E-state index contributed by atoms with van der Waals surface area (Å²) < 4.78 is 1.36. The molecule has 7 heteroatoms. The summed E-state index contributed by atoms with van der Waals surface area (Å²) in [5, 5.41) is 14.1. The lowest BCUT2D eigenvalue weighted by Crippen LogP contribution is -2.27. The molecule has 0 bridgehead atoms. The Morgan fingerprint density at radius 1 is 1.47 bits per heavy atom. The van der Waals surface area contributed by atoms with Gasteiger partial charge in [0, 0.05) is 19.2 Å². The smallest absolute Gasteiger partial charge is 0.275 e. The van der Waals surface area contributed by atoms with Crippen molar-refractivity contribution in [3.05, 3.63) is 27.1 Å². The molecule has 2 aromatic rings. The topological polar surface area (TPSA) is 70.7 Å². The zero-order valence-corrected chi connectivity index (χ0v) is 12.0. The summed E-state index contributed by atoms with van der Waals surface area (Å²) >= 11 is 1.45. The second kappa shape index (κ2) is 6.23. The third-order valence-corrected chi connectivity index (χ3v) is 3.94. The van der Waals surface area contributed by atoms with Crippen LogP contribution in [0.3, 0.4) is 0 Å². The standard InChI is InChI=1S/C12H18N4O2S/c1-3-10-14-16-11(18)7-9(13-12(16)19-10)8-15(4-2)5-6-17/h7,17H,3-6,8H2,1-2H3. The van der Waals surface area contributed by atoms with E-state index in [0.29, 0.717) is 18.1 Å². The van der Waals surface area contributed by atoms with Crippen molar-refractivity contribution < 1.29 is 5.11 Å². The third-order valence-electron chi connectivity index (χ3n) is 2.89. The van der Waals surface area contributed by atoms with Gasteiger partial charge in [-0.05, 0) is 13.0 Å². The van der Waals surface area contributed by atoms with E-state index >= 15 is 0 Å². The Hall–Kier alpha value is -1.31. The Balaban J connectivity index is 2.31. The number of nitrogens with zero attached hydrogens (tertiary/aromatic N) is 4. The van der Waals surface area contributed by atoms with Gasteiger partial charge in [-0.3, -0.25) is 9.69 Å². The Labute approximate surface area is 115 Å². The van der Waals surface area contributed by atoms with Gasteiger partial charge >= 0.3 is 0 Å². The first kappa shape index (κ1) is 14.1. The van der Waals surface area contributed by atoms with E-state index in [0.717, 1.165) is 23.7 Å². The van der Waals surface area contributed by atoms with Crippen LogP contribution < -0.4 is 5.56 Å². The molecule has 0 aliphatic heterocycles. The molecule has 0 amide bonds. The summed E-state index contributed by atoms with van der Waals surface area (Å²) in [6, 6.07) is 1.52. The number of hydrogen-bond donors (Lipinski definition) is 1. The van der Waals surface area contributed by atoms with Crippen LogP contribution in [0.2, 0.25) is 0 Å². The first-order chi connectivity index (χ1) is 9.17. The zero-order valence-electron chi connectivity index (χ0n) is 11.2. The molecule has 2 rings (SSSR count). The van der Waals surface area contributed by atoms with Crippen LogP contribution >= 0.6 is 11.3 Å². The van der Waals surface area contributed by atoms with Crippen molar-refractivity contribution in [1.29, 1.82) is 0 Å². The SMILES string of the molecule is CCc1nn2c(=O)cc(CN(CC)CCO)nc2s1. The largest absolute Gasteiger partial charge is 0.395 e. The molecule has 2 aromatic heterocycles. The fourth-order valence-electron chi connectivity index (χ4n) is 1.84. The molecule has 19 heavy (non-hydrogen) atoms. The fourth-order valence-corrected chi connectivity index (χ4v) is 2.70. The van der Waals surface area contributed by atoms with Crippen LogP contribution in [0, 0.1) is 0 Å². The number of aliphatic hydroxyl groups is 1. The number of rotatable bonds is 6. The highest BCUT2D eigenvalue weighted by Crippen LogP contribution is 2.12. The van der Waals surface area contributed by atoms with Gasteiger partial charge in [0.25, 0.3) is 5.56 Å². The van der Waals surface area contributed by atoms with Crippen LogP contribution in [0.15, 0.2) is 10.9 Å². The maximum atomic E-state index is 12.0. The van der Waals surface area contributed by atoms with Crippen LogP contribution in [0.1, 0.15) is 24.5 Å². The second-order valence-corrected chi connectivity index (χ2v) is 5.26. The second-order valence-electron chi connectivity index (χ2n) is 4.22. The average Bonchev–Trinajstić information content (AvgIpc) is 2.82. The maximum absolute atomic E-state index is 12.0. The van der Waals surface area contributed by atoms with Crippen molar-refractivity contribution in [3.63, 3.8) is 0 Å². The molecule has 0 saturated heterocycles. The van der Waals surface area contributed by atoms with Gasteiger partial charge in [0.15, 0.2) is 0 Å². The summed E-state index contributed by atoms with van der Waals surface area (Å²) in [6.45, 7) is 6.09. The Morgan fingerprint density at radius 2 is 2.26 bits per heavy atom. The molecule has 0 aliphatic rings. The molecular weight excluding hydrogens is 264 g/mol. The monoisotopic (exact) mass is 282 g/mol. The van der Waals surface area contributed by atoms with Crippen LogP contribution in [0.25, 0.3) is 4.96 Å². The highest BCUT2D eigenvalue weighted by Gasteiger charge is 2.10. The number of aryl methyl sites for hydroxylation is 1. The number of likely N-dealkylation sites (N-methyl/N-ethyl adjacent to an activating group) is 1. The van der Waals surface area contributed by atoms with Crippen molar-refractivity contribution in [2.75, 3.05) is 19.7 Å². The van der Waals surface area contributed by atoms with Crippen molar-refractivity contribution in [1.82, 2.24) is 19.5 Å². The van der Waals surface area contributed by atoms with E-state index in [-0.39, 0.29) is 12.2 Å². The molecule has 0 atom stereocenters. The minimum Gasteiger partial charge on any atom is -0.395 e. The molecule has 0 aliphatic carbocycles. The quantitative estimate of drug-likeness (QED) is 0.837. The van der Waals surface area contributed by atoms with E-state index in [1.165, 1.54) is 21.9 Å². The molecule has 0 radical (unpaired) electrons. The summed E-state index contributed by atoms with van der Waals surface area (Å²) in [4.78, 5) is 19.1. The lowest BCUT2D eigenvalue weighted by Gasteiger charge is -2.18. The minimum atomic E-state index is -0.143. The van der Waals surface area contributed by atoms with Crippen LogP contribution in [-0.4, -0.2) is 44.3 Å². The van der Waals surface area contributed by atoms with Crippen molar-refractivity contribution in [2.24, 2.45) is 0 Å². The van der Waals surface area contributed by atoms with Crippen LogP contribution in [0.5, 0.6) is 0 Å². The summed E-state index contributed by atoms with van der Waals surface area (Å²) in [5.41, 5.74) is 0.586. The van der Waals surface area contributed by atoms with Gasteiger partial charge in [-0.25, -0.2) is 4.98 Å². The normalized spacial score (nSPS) is 11.6. The predicted octanol–water partition coefficient (Wildman–Crippen LogP) is 0.528. The molecule has 6 nitrogen and oxygen atoms in total. The Morgan fingerprint density at radius 3 is 2.89 bits per heavy atom. The van der Waals surface area contributed by atoms with Crippen LogP contribution in [-0.2, 0) is 13.0 Å². The Bertz CT molecular complexity index is 607. The van der Waals surface area contributed by atoms with Gasteiger partial charge in [-0.15, -0.1) is 0 Å². The molecular formula is C12H18N4O2S. The number of fused-ring (bicyclic) bond motifs is 1. The van der Waals surface area contributed by atoms with Gasteiger partial charge in [-0.2, -0.15) is 9.61 Å². The van der Waals surface area contributed by atoms with Gasteiger partial charge in [0.2, 0.25) is 4.96 Å².